The number of hydrogen-bond acceptors (Lipinski definition) is 9. The van der Waals surface area contributed by atoms with Crippen molar-refractivity contribution in [2.24, 2.45) is 0 Å². The average molecular weight is 527 g/mol. The molecule has 0 aliphatic carbocycles. The maximum Gasteiger partial charge on any atom is 0.283 e. The summed E-state index contributed by atoms with van der Waals surface area (Å²) >= 11 is 0. The van der Waals surface area contributed by atoms with E-state index in [4.69, 9.17) is 4.74 Å². The van der Waals surface area contributed by atoms with E-state index in [1.54, 1.807) is 29.9 Å². The smallest absolute Gasteiger partial charge is 0.283 e. The minimum Gasteiger partial charge on any atom is -0.383 e. The van der Waals surface area contributed by atoms with E-state index in [1.807, 2.05) is 18.2 Å². The summed E-state index contributed by atoms with van der Waals surface area (Å²) in [7, 11) is 1.73. The molecule has 0 atom stereocenters. The van der Waals surface area contributed by atoms with Gasteiger partial charge in [0, 0.05) is 63.1 Å². The van der Waals surface area contributed by atoms with Crippen molar-refractivity contribution in [3.8, 4) is 5.69 Å². The molecule has 2 aromatic heterocycles. The monoisotopic (exact) mass is 526 g/mol. The van der Waals surface area contributed by atoms with Crippen LogP contribution in [-0.4, -0.2) is 76.8 Å². The largest absolute Gasteiger partial charge is 0.383 e. The van der Waals surface area contributed by atoms with Gasteiger partial charge in [0.2, 0.25) is 11.9 Å². The highest BCUT2D eigenvalue weighted by Crippen LogP contribution is 2.23. The lowest BCUT2D eigenvalue weighted by Gasteiger charge is -2.36. The van der Waals surface area contributed by atoms with Gasteiger partial charge in [-0.15, -0.1) is 0 Å². The van der Waals surface area contributed by atoms with Gasteiger partial charge in [-0.25, -0.2) is 4.98 Å². The van der Waals surface area contributed by atoms with Crippen molar-refractivity contribution < 1.29 is 9.53 Å². The van der Waals surface area contributed by atoms with Crippen molar-refractivity contribution >= 4 is 40.0 Å². The summed E-state index contributed by atoms with van der Waals surface area (Å²) in [5.74, 6) is 0.0247. The van der Waals surface area contributed by atoms with Gasteiger partial charge < -0.3 is 20.3 Å². The Morgan fingerprint density at radius 1 is 1.05 bits per heavy atom. The molecular formula is C28H30N8O3. The van der Waals surface area contributed by atoms with Crippen molar-refractivity contribution in [2.45, 2.75) is 0 Å². The van der Waals surface area contributed by atoms with Crippen molar-refractivity contribution in [2.75, 3.05) is 62.0 Å². The number of amides is 1. The molecule has 0 bridgehead atoms. The summed E-state index contributed by atoms with van der Waals surface area (Å²) < 4.78 is 6.87. The van der Waals surface area contributed by atoms with Crippen molar-refractivity contribution in [1.82, 2.24) is 24.4 Å². The molecule has 3 heterocycles. The Bertz CT molecular complexity index is 1530. The number of carbonyl (C=O) groups is 1. The molecule has 4 aromatic rings. The van der Waals surface area contributed by atoms with Crippen molar-refractivity contribution in [1.29, 1.82) is 0 Å². The lowest BCUT2D eigenvalue weighted by atomic mass is 10.2. The lowest BCUT2D eigenvalue weighted by molar-refractivity contribution is -0.111. The van der Waals surface area contributed by atoms with E-state index in [9.17, 15) is 9.59 Å². The molecule has 0 spiro atoms. The third-order valence-corrected chi connectivity index (χ3v) is 6.57. The number of piperazine rings is 1. The number of fused-ring (bicyclic) bond motifs is 1. The number of hydrogen-bond donors (Lipinski definition) is 2. The molecule has 1 amide bonds. The number of anilines is 4. The SMILES string of the molecule is C=CC(=O)Nc1cccc(-n2cnc(=O)c3cnc(Nc4ccc(N5CCN(CCOC)CC5)cc4)nc32)c1. The van der Waals surface area contributed by atoms with Crippen LogP contribution in [-0.2, 0) is 9.53 Å². The van der Waals surface area contributed by atoms with Crippen LogP contribution in [0.15, 0.2) is 78.5 Å². The zero-order valence-electron chi connectivity index (χ0n) is 21.7. The molecule has 0 saturated carbocycles. The summed E-state index contributed by atoms with van der Waals surface area (Å²) in [6.45, 7) is 9.14. The molecule has 1 saturated heterocycles. The zero-order valence-corrected chi connectivity index (χ0v) is 21.7. The van der Waals surface area contributed by atoms with Gasteiger partial charge >= 0.3 is 0 Å². The molecule has 39 heavy (non-hydrogen) atoms. The molecule has 200 valence electrons. The molecule has 1 aliphatic heterocycles. The summed E-state index contributed by atoms with van der Waals surface area (Å²) in [6, 6.07) is 15.3. The Hall–Kier alpha value is -4.61. The Morgan fingerprint density at radius 3 is 2.59 bits per heavy atom. The second kappa shape index (κ2) is 11.8. The van der Waals surface area contributed by atoms with Gasteiger partial charge in [-0.1, -0.05) is 12.6 Å². The average Bonchev–Trinajstić information content (AvgIpc) is 2.97. The molecular weight excluding hydrogens is 496 g/mol. The van der Waals surface area contributed by atoms with Gasteiger partial charge in [0.25, 0.3) is 5.56 Å². The van der Waals surface area contributed by atoms with E-state index in [2.05, 4.69) is 54.1 Å². The van der Waals surface area contributed by atoms with Crippen LogP contribution in [0.3, 0.4) is 0 Å². The number of rotatable bonds is 9. The standard InChI is InChI=1S/C28H30N8O3/c1-3-25(37)31-21-5-4-6-23(17-21)36-19-30-27(38)24-18-29-28(33-26(24)36)32-20-7-9-22(10-8-20)35-13-11-34(12-14-35)15-16-39-2/h3-10,17-19H,1,11-16H2,2H3,(H,31,37)(H,29,32,33). The Labute approximate surface area is 225 Å². The fourth-order valence-electron chi connectivity index (χ4n) is 4.45. The van der Waals surface area contributed by atoms with E-state index < -0.39 is 5.56 Å². The van der Waals surface area contributed by atoms with Gasteiger partial charge in [0.05, 0.1) is 12.3 Å². The first-order chi connectivity index (χ1) is 19.0. The quantitative estimate of drug-likeness (QED) is 0.318. The minimum atomic E-state index is -0.421. The van der Waals surface area contributed by atoms with Gasteiger partial charge in [-0.05, 0) is 48.5 Å². The first-order valence-corrected chi connectivity index (χ1v) is 12.7. The normalized spacial score (nSPS) is 13.8. The Morgan fingerprint density at radius 2 is 1.85 bits per heavy atom. The molecule has 2 aromatic carbocycles. The fraction of sp³-hybridized carbons (Fsp3) is 0.250. The summed E-state index contributed by atoms with van der Waals surface area (Å²) in [6.07, 6.45) is 4.09. The second-order valence-corrected chi connectivity index (χ2v) is 9.09. The number of nitrogens with one attached hydrogen (secondary N) is 2. The third kappa shape index (κ3) is 6.11. The number of nitrogens with zero attached hydrogens (tertiary/aromatic N) is 6. The van der Waals surface area contributed by atoms with Crippen LogP contribution >= 0.6 is 0 Å². The van der Waals surface area contributed by atoms with Crippen LogP contribution in [0.4, 0.5) is 23.0 Å². The van der Waals surface area contributed by atoms with Crippen molar-refractivity contribution in [3.05, 3.63) is 84.1 Å². The zero-order chi connectivity index (χ0) is 27.2. The maximum atomic E-state index is 12.4. The first kappa shape index (κ1) is 26.0. The summed E-state index contributed by atoms with van der Waals surface area (Å²) in [5.41, 5.74) is 3.21. The highest BCUT2D eigenvalue weighted by molar-refractivity contribution is 5.99. The van der Waals surface area contributed by atoms with Gasteiger partial charge in [-0.2, -0.15) is 9.97 Å². The van der Waals surface area contributed by atoms with Crippen LogP contribution < -0.4 is 21.1 Å². The molecule has 1 fully saturated rings. The highest BCUT2D eigenvalue weighted by atomic mass is 16.5. The Kier molecular flexibility index (Phi) is 7.90. The van der Waals surface area contributed by atoms with E-state index >= 15 is 0 Å². The number of ether oxygens (including phenoxy) is 1. The number of aromatic nitrogens is 4. The molecule has 1 aliphatic rings. The van der Waals surface area contributed by atoms with E-state index in [-0.39, 0.29) is 11.3 Å². The minimum absolute atomic E-state index is 0.281. The molecule has 0 radical (unpaired) electrons. The van der Waals surface area contributed by atoms with Crippen LogP contribution in [0.5, 0.6) is 0 Å². The fourth-order valence-corrected chi connectivity index (χ4v) is 4.45. The van der Waals surface area contributed by atoms with E-state index in [1.165, 1.54) is 18.6 Å². The molecule has 2 N–H and O–H groups in total. The lowest BCUT2D eigenvalue weighted by Crippen LogP contribution is -2.47. The molecule has 11 nitrogen and oxygen atoms in total. The summed E-state index contributed by atoms with van der Waals surface area (Å²) in [5, 5.41) is 6.25. The van der Waals surface area contributed by atoms with Crippen LogP contribution in [0, 0.1) is 0 Å². The maximum absolute atomic E-state index is 12.4. The third-order valence-electron chi connectivity index (χ3n) is 6.57. The number of methoxy groups -OCH3 is 1. The molecule has 11 heteroatoms. The predicted molar refractivity (Wildman–Crippen MR) is 152 cm³/mol. The van der Waals surface area contributed by atoms with Gasteiger partial charge in [0.15, 0.2) is 5.65 Å². The van der Waals surface area contributed by atoms with Crippen LogP contribution in [0.25, 0.3) is 16.7 Å². The van der Waals surface area contributed by atoms with Crippen LogP contribution in [0.1, 0.15) is 0 Å². The van der Waals surface area contributed by atoms with E-state index in [0.29, 0.717) is 23.0 Å². The number of carbonyl (C=O) groups excluding carboxylic acids is 1. The molecule has 0 unspecified atom stereocenters. The van der Waals surface area contributed by atoms with E-state index in [0.717, 1.165) is 50.7 Å². The van der Waals surface area contributed by atoms with Gasteiger partial charge in [0.1, 0.15) is 11.7 Å². The predicted octanol–water partition coefficient (Wildman–Crippen LogP) is 2.81. The highest BCUT2D eigenvalue weighted by Gasteiger charge is 2.17. The van der Waals surface area contributed by atoms with Crippen molar-refractivity contribution in [3.63, 3.8) is 0 Å². The Balaban J connectivity index is 1.34. The van der Waals surface area contributed by atoms with Crippen LogP contribution in [0.2, 0.25) is 0 Å². The topological polar surface area (TPSA) is 118 Å². The van der Waals surface area contributed by atoms with Gasteiger partial charge in [-0.3, -0.25) is 19.1 Å². The number of benzene rings is 2. The summed E-state index contributed by atoms with van der Waals surface area (Å²) in [4.78, 5) is 41.9. The molecule has 5 rings (SSSR count). The first-order valence-electron chi connectivity index (χ1n) is 12.7. The second-order valence-electron chi connectivity index (χ2n) is 9.09.